The minimum absolute atomic E-state index is 0.0361. The second-order valence-corrected chi connectivity index (χ2v) is 7.58. The summed E-state index contributed by atoms with van der Waals surface area (Å²) in [5.74, 6) is 0.133. The molecule has 0 aliphatic carbocycles. The van der Waals surface area contributed by atoms with Crippen LogP contribution in [0.15, 0.2) is 24.3 Å². The number of carbonyl (C=O) groups excluding carboxylic acids is 3. The van der Waals surface area contributed by atoms with Crippen molar-refractivity contribution in [3.05, 3.63) is 35.4 Å². The van der Waals surface area contributed by atoms with Gasteiger partial charge in [0.05, 0.1) is 19.2 Å². The summed E-state index contributed by atoms with van der Waals surface area (Å²) in [7, 11) is 1.39. The van der Waals surface area contributed by atoms with Crippen LogP contribution in [0.3, 0.4) is 0 Å². The van der Waals surface area contributed by atoms with E-state index >= 15 is 0 Å². The van der Waals surface area contributed by atoms with Gasteiger partial charge in [-0.25, -0.2) is 4.79 Å². The van der Waals surface area contributed by atoms with Crippen LogP contribution in [0, 0.1) is 5.92 Å². The van der Waals surface area contributed by atoms with Crippen molar-refractivity contribution in [2.75, 3.05) is 33.3 Å². The first-order valence-electron chi connectivity index (χ1n) is 10.3. The van der Waals surface area contributed by atoms with E-state index < -0.39 is 0 Å². The Morgan fingerprint density at radius 2 is 1.93 bits per heavy atom. The molecule has 1 aromatic rings. The topological polar surface area (TPSA) is 104 Å². The quantitative estimate of drug-likeness (QED) is 0.579. The first-order valence-corrected chi connectivity index (χ1v) is 10.3. The molecule has 1 unspecified atom stereocenters. The predicted octanol–water partition coefficient (Wildman–Crippen LogP) is 1.97. The van der Waals surface area contributed by atoms with Crippen LogP contribution in [0.2, 0.25) is 0 Å². The fourth-order valence-corrected chi connectivity index (χ4v) is 4.01. The summed E-state index contributed by atoms with van der Waals surface area (Å²) in [6.45, 7) is 2.03. The number of esters is 1. The second-order valence-electron chi connectivity index (χ2n) is 7.58. The molecule has 1 aromatic carbocycles. The average Bonchev–Trinajstić information content (AvgIpc) is 3.12. The molecule has 8 heteroatoms. The molecule has 0 bridgehead atoms. The lowest BCUT2D eigenvalue weighted by Gasteiger charge is -2.24. The van der Waals surface area contributed by atoms with Gasteiger partial charge in [-0.15, -0.1) is 0 Å². The molecular weight excluding hydrogens is 388 g/mol. The molecule has 1 N–H and O–H groups in total. The molecule has 2 aliphatic rings. The summed E-state index contributed by atoms with van der Waals surface area (Å²) in [6, 6.07) is 7.49. The fourth-order valence-electron chi connectivity index (χ4n) is 4.01. The predicted molar refractivity (Wildman–Crippen MR) is 110 cm³/mol. The molecule has 0 aromatic heterocycles. The van der Waals surface area contributed by atoms with Gasteiger partial charge in [-0.05, 0) is 43.2 Å². The normalized spacial score (nSPS) is 18.8. The molecule has 3 rings (SSSR count). The van der Waals surface area contributed by atoms with Gasteiger partial charge >= 0.3 is 5.97 Å². The Kier molecular flexibility index (Phi) is 9.31. The van der Waals surface area contributed by atoms with Crippen molar-refractivity contribution in [3.63, 3.8) is 0 Å². The molecular formula is C22H30N2O6. The molecule has 2 amide bonds. The third kappa shape index (κ3) is 6.57. The van der Waals surface area contributed by atoms with E-state index in [9.17, 15) is 14.4 Å². The van der Waals surface area contributed by atoms with E-state index in [2.05, 4.69) is 0 Å². The summed E-state index contributed by atoms with van der Waals surface area (Å²) >= 11 is 0. The van der Waals surface area contributed by atoms with Crippen molar-refractivity contribution in [3.8, 4) is 0 Å². The van der Waals surface area contributed by atoms with Gasteiger partial charge in [-0.2, -0.15) is 0 Å². The van der Waals surface area contributed by atoms with Crippen molar-refractivity contribution >= 4 is 24.3 Å². The van der Waals surface area contributed by atoms with Crippen LogP contribution in [0.1, 0.15) is 48.0 Å². The van der Waals surface area contributed by atoms with Crippen molar-refractivity contribution in [2.45, 2.75) is 38.5 Å². The zero-order valence-corrected chi connectivity index (χ0v) is 17.4. The van der Waals surface area contributed by atoms with Crippen LogP contribution in [0.25, 0.3) is 0 Å². The van der Waals surface area contributed by atoms with Crippen molar-refractivity contribution in [2.24, 2.45) is 5.92 Å². The number of likely N-dealkylation sites (tertiary alicyclic amines) is 2. The number of carbonyl (C=O) groups is 4. The monoisotopic (exact) mass is 418 g/mol. The number of rotatable bonds is 5. The SMILES string of the molecule is COC(=O)c1ccccc1CC1CCN(C(=O)CN2CCCCCC2=O)C1.O=CO. The molecule has 2 heterocycles. The maximum atomic E-state index is 12.6. The molecule has 2 fully saturated rings. The summed E-state index contributed by atoms with van der Waals surface area (Å²) in [4.78, 5) is 48.6. The number of carboxylic acid groups (broad SMARTS) is 1. The Morgan fingerprint density at radius 1 is 1.20 bits per heavy atom. The zero-order valence-electron chi connectivity index (χ0n) is 17.4. The number of methoxy groups -OCH3 is 1. The largest absolute Gasteiger partial charge is 0.483 e. The second kappa shape index (κ2) is 11.9. The van der Waals surface area contributed by atoms with Crippen LogP contribution in [0.5, 0.6) is 0 Å². The van der Waals surface area contributed by atoms with Gasteiger partial charge in [0, 0.05) is 26.1 Å². The number of benzene rings is 1. The van der Waals surface area contributed by atoms with Gasteiger partial charge in [0.15, 0.2) is 0 Å². The Balaban J connectivity index is 0.00000101. The van der Waals surface area contributed by atoms with E-state index in [1.165, 1.54) is 7.11 Å². The van der Waals surface area contributed by atoms with Crippen LogP contribution in [-0.4, -0.2) is 72.5 Å². The number of nitrogens with zero attached hydrogens (tertiary/aromatic N) is 2. The highest BCUT2D eigenvalue weighted by Gasteiger charge is 2.29. The van der Waals surface area contributed by atoms with Gasteiger partial charge in [0.1, 0.15) is 0 Å². The molecule has 0 saturated carbocycles. The summed E-state index contributed by atoms with van der Waals surface area (Å²) < 4.78 is 4.86. The average molecular weight is 418 g/mol. The Bertz CT molecular complexity index is 751. The highest BCUT2D eigenvalue weighted by atomic mass is 16.5. The van der Waals surface area contributed by atoms with E-state index in [1.807, 2.05) is 23.1 Å². The van der Waals surface area contributed by atoms with E-state index in [-0.39, 0.29) is 30.8 Å². The number of hydrogen-bond donors (Lipinski definition) is 1. The van der Waals surface area contributed by atoms with Gasteiger partial charge in [0.2, 0.25) is 11.8 Å². The maximum absolute atomic E-state index is 12.6. The zero-order chi connectivity index (χ0) is 21.9. The van der Waals surface area contributed by atoms with Gasteiger partial charge in [-0.3, -0.25) is 14.4 Å². The summed E-state index contributed by atoms with van der Waals surface area (Å²) in [6.07, 6.45) is 5.18. The van der Waals surface area contributed by atoms with E-state index in [0.29, 0.717) is 37.5 Å². The molecule has 164 valence electrons. The summed E-state index contributed by atoms with van der Waals surface area (Å²) in [5, 5.41) is 6.89. The lowest BCUT2D eigenvalue weighted by molar-refractivity contribution is -0.139. The third-order valence-corrected chi connectivity index (χ3v) is 5.57. The van der Waals surface area contributed by atoms with Crippen molar-refractivity contribution < 1.29 is 29.0 Å². The molecule has 0 spiro atoms. The smallest absolute Gasteiger partial charge is 0.338 e. The molecule has 30 heavy (non-hydrogen) atoms. The molecule has 8 nitrogen and oxygen atoms in total. The fraction of sp³-hybridized carbons (Fsp3) is 0.545. The van der Waals surface area contributed by atoms with E-state index in [0.717, 1.165) is 37.7 Å². The van der Waals surface area contributed by atoms with Gasteiger partial charge < -0.3 is 19.6 Å². The first kappa shape index (κ1) is 23.4. The molecule has 2 aliphatic heterocycles. The molecule has 2 saturated heterocycles. The van der Waals surface area contributed by atoms with Crippen LogP contribution >= 0.6 is 0 Å². The molecule has 1 atom stereocenters. The highest BCUT2D eigenvalue weighted by molar-refractivity contribution is 5.91. The summed E-state index contributed by atoms with van der Waals surface area (Å²) in [5.41, 5.74) is 1.56. The first-order chi connectivity index (χ1) is 14.5. The molecule has 0 radical (unpaired) electrons. The lowest BCUT2D eigenvalue weighted by atomic mass is 9.95. The van der Waals surface area contributed by atoms with Crippen molar-refractivity contribution in [1.29, 1.82) is 0 Å². The van der Waals surface area contributed by atoms with Crippen molar-refractivity contribution in [1.82, 2.24) is 9.80 Å². The minimum Gasteiger partial charge on any atom is -0.483 e. The number of amides is 2. The van der Waals surface area contributed by atoms with Crippen LogP contribution in [0.4, 0.5) is 0 Å². The minimum atomic E-state index is -0.323. The third-order valence-electron chi connectivity index (χ3n) is 5.57. The van der Waals surface area contributed by atoms with Gasteiger partial charge in [-0.1, -0.05) is 24.6 Å². The van der Waals surface area contributed by atoms with E-state index in [4.69, 9.17) is 14.6 Å². The highest BCUT2D eigenvalue weighted by Crippen LogP contribution is 2.23. The Labute approximate surface area is 176 Å². The standard InChI is InChI=1S/C21H28N2O4.CH2O2/c1-27-21(26)18-8-5-4-7-17(18)13-16-10-12-23(14-16)20(25)15-22-11-6-2-3-9-19(22)24;2-1-3/h4-5,7-8,16H,2-3,6,9-15H2,1H3;1H,(H,2,3). The van der Waals surface area contributed by atoms with E-state index in [1.54, 1.807) is 11.0 Å². The number of ether oxygens (including phenoxy) is 1. The Morgan fingerprint density at radius 3 is 2.67 bits per heavy atom. The van der Waals surface area contributed by atoms with Gasteiger partial charge in [0.25, 0.3) is 6.47 Å². The Hall–Kier alpha value is -2.90. The van der Waals surface area contributed by atoms with Crippen LogP contribution in [-0.2, 0) is 25.5 Å². The number of hydrogen-bond acceptors (Lipinski definition) is 5. The maximum Gasteiger partial charge on any atom is 0.338 e. The van der Waals surface area contributed by atoms with Crippen LogP contribution < -0.4 is 0 Å². The lowest BCUT2D eigenvalue weighted by Crippen LogP contribution is -2.42.